The van der Waals surface area contributed by atoms with E-state index in [-0.39, 0.29) is 16.5 Å². The predicted molar refractivity (Wildman–Crippen MR) is 112 cm³/mol. The third-order valence-electron chi connectivity index (χ3n) is 5.43. The van der Waals surface area contributed by atoms with Crippen molar-refractivity contribution in [3.05, 3.63) is 65.2 Å². The number of Topliss-reactive ketones (excluding diaryl/α,β-unsaturated/α-hetero) is 2. The van der Waals surface area contributed by atoms with Gasteiger partial charge in [-0.3, -0.25) is 9.59 Å². The molecule has 0 unspecified atom stereocenters. The summed E-state index contributed by atoms with van der Waals surface area (Å²) in [5, 5.41) is 0. The van der Waals surface area contributed by atoms with Crippen molar-refractivity contribution < 1.29 is 22.7 Å². The zero-order chi connectivity index (χ0) is 21.4. The van der Waals surface area contributed by atoms with Gasteiger partial charge in [0.2, 0.25) is 5.78 Å². The molecule has 2 aromatic rings. The number of carbonyl (C=O) groups excluding carboxylic acids is 2. The van der Waals surface area contributed by atoms with Crippen molar-refractivity contribution >= 4 is 32.7 Å². The summed E-state index contributed by atoms with van der Waals surface area (Å²) in [6.07, 6.45) is 2.18. The predicted octanol–water partition coefficient (Wildman–Crippen LogP) is 4.32. The molecule has 1 aliphatic heterocycles. The zero-order valence-electron chi connectivity index (χ0n) is 17.0. The molecule has 0 aliphatic carbocycles. The number of hydrogen-bond donors (Lipinski definition) is 0. The van der Waals surface area contributed by atoms with Gasteiger partial charge in [-0.15, -0.1) is 0 Å². The van der Waals surface area contributed by atoms with Crippen molar-refractivity contribution in [2.45, 2.75) is 44.1 Å². The van der Waals surface area contributed by atoms with Crippen LogP contribution in [0.4, 0.5) is 0 Å². The highest BCUT2D eigenvalue weighted by Crippen LogP contribution is 2.44. The van der Waals surface area contributed by atoms with Crippen LogP contribution in [0.25, 0.3) is 11.3 Å². The lowest BCUT2D eigenvalue weighted by Gasteiger charge is -2.25. The standard InChI is InChI=1S/C23H24O5S/c1-5-23(6-2)22(25)20(17-9-7-16(8-10-17)15(3)24)21(28-23)18-11-13-19(14-12-18)29(4,26)27/h7-14H,5-6H2,1-4H3. The fourth-order valence-corrected chi connectivity index (χ4v) is 4.16. The third-order valence-corrected chi connectivity index (χ3v) is 6.56. The summed E-state index contributed by atoms with van der Waals surface area (Å²) < 4.78 is 29.8. The average molecular weight is 413 g/mol. The molecule has 1 heterocycles. The second-order valence-electron chi connectivity index (χ2n) is 7.27. The van der Waals surface area contributed by atoms with Gasteiger partial charge in [0.15, 0.2) is 21.2 Å². The van der Waals surface area contributed by atoms with E-state index in [1.54, 1.807) is 36.4 Å². The maximum atomic E-state index is 13.4. The molecular weight excluding hydrogens is 388 g/mol. The first kappa shape index (κ1) is 21.0. The van der Waals surface area contributed by atoms with Crippen LogP contribution in [0.15, 0.2) is 53.4 Å². The Labute approximate surface area is 171 Å². The Balaban J connectivity index is 2.16. The molecule has 0 N–H and O–H groups in total. The van der Waals surface area contributed by atoms with E-state index in [1.165, 1.54) is 19.1 Å². The number of sulfone groups is 1. The Bertz CT molecular complexity index is 1090. The minimum Gasteiger partial charge on any atom is -0.478 e. The Morgan fingerprint density at radius 1 is 0.931 bits per heavy atom. The van der Waals surface area contributed by atoms with Crippen LogP contribution >= 0.6 is 0 Å². The maximum Gasteiger partial charge on any atom is 0.210 e. The molecule has 5 nitrogen and oxygen atoms in total. The number of rotatable bonds is 6. The highest BCUT2D eigenvalue weighted by atomic mass is 32.2. The van der Waals surface area contributed by atoms with Crippen molar-refractivity contribution in [3.63, 3.8) is 0 Å². The molecule has 0 saturated heterocycles. The molecule has 29 heavy (non-hydrogen) atoms. The molecule has 0 spiro atoms. The van der Waals surface area contributed by atoms with E-state index in [0.29, 0.717) is 40.9 Å². The van der Waals surface area contributed by atoms with Gasteiger partial charge >= 0.3 is 0 Å². The summed E-state index contributed by atoms with van der Waals surface area (Å²) in [6, 6.07) is 13.2. The quantitative estimate of drug-likeness (QED) is 0.661. The average Bonchev–Trinajstić information content (AvgIpc) is 3.00. The van der Waals surface area contributed by atoms with Gasteiger partial charge in [0.05, 0.1) is 10.5 Å². The van der Waals surface area contributed by atoms with Crippen molar-refractivity contribution in [3.8, 4) is 0 Å². The fourth-order valence-electron chi connectivity index (χ4n) is 3.53. The van der Waals surface area contributed by atoms with Crippen LogP contribution in [0.3, 0.4) is 0 Å². The lowest BCUT2D eigenvalue weighted by atomic mass is 9.86. The van der Waals surface area contributed by atoms with E-state index in [2.05, 4.69) is 0 Å². The summed E-state index contributed by atoms with van der Waals surface area (Å²) in [6.45, 7) is 5.31. The molecule has 1 aliphatic rings. The molecule has 0 fully saturated rings. The zero-order valence-corrected chi connectivity index (χ0v) is 17.8. The summed E-state index contributed by atoms with van der Waals surface area (Å²) in [4.78, 5) is 25.2. The molecule has 0 atom stereocenters. The maximum absolute atomic E-state index is 13.4. The van der Waals surface area contributed by atoms with E-state index in [0.717, 1.165) is 6.26 Å². The first-order valence-electron chi connectivity index (χ1n) is 9.53. The molecule has 0 aromatic heterocycles. The van der Waals surface area contributed by atoms with Crippen molar-refractivity contribution in [1.29, 1.82) is 0 Å². The normalized spacial score (nSPS) is 16.1. The summed E-state index contributed by atoms with van der Waals surface area (Å²) in [5.74, 6) is 0.294. The molecule has 0 bridgehead atoms. The minimum absolute atomic E-state index is 0.0485. The van der Waals surface area contributed by atoms with Gasteiger partial charge in [0.1, 0.15) is 5.76 Å². The van der Waals surface area contributed by atoms with Gasteiger partial charge in [-0.25, -0.2) is 8.42 Å². The van der Waals surface area contributed by atoms with Crippen molar-refractivity contribution in [1.82, 2.24) is 0 Å². The van der Waals surface area contributed by atoms with Gasteiger partial charge in [-0.05, 0) is 49.6 Å². The largest absolute Gasteiger partial charge is 0.478 e. The SMILES string of the molecule is CCC1(CC)OC(c2ccc(S(C)(=O)=O)cc2)=C(c2ccc(C(C)=O)cc2)C1=O. The molecule has 0 amide bonds. The number of carbonyl (C=O) groups is 2. The number of benzene rings is 2. The molecule has 2 aromatic carbocycles. The molecule has 152 valence electrons. The Kier molecular flexibility index (Phi) is 5.50. The van der Waals surface area contributed by atoms with E-state index < -0.39 is 15.4 Å². The Hall–Kier alpha value is -2.73. The Morgan fingerprint density at radius 3 is 1.90 bits per heavy atom. The van der Waals surface area contributed by atoms with Crippen LogP contribution in [-0.2, 0) is 19.4 Å². The van der Waals surface area contributed by atoms with Crippen molar-refractivity contribution in [2.75, 3.05) is 6.26 Å². The lowest BCUT2D eigenvalue weighted by Crippen LogP contribution is -2.35. The smallest absolute Gasteiger partial charge is 0.210 e. The third kappa shape index (κ3) is 3.77. The van der Waals surface area contributed by atoms with Crippen LogP contribution in [-0.4, -0.2) is 31.8 Å². The minimum atomic E-state index is -3.32. The van der Waals surface area contributed by atoms with E-state index in [9.17, 15) is 18.0 Å². The number of hydrogen-bond acceptors (Lipinski definition) is 5. The monoisotopic (exact) mass is 412 g/mol. The second-order valence-corrected chi connectivity index (χ2v) is 9.28. The summed E-state index contributed by atoms with van der Waals surface area (Å²) in [5.41, 5.74) is 1.39. The van der Waals surface area contributed by atoms with Gasteiger partial charge in [0.25, 0.3) is 0 Å². The van der Waals surface area contributed by atoms with Crippen LogP contribution in [0.1, 0.15) is 55.1 Å². The van der Waals surface area contributed by atoms with Gasteiger partial charge in [-0.2, -0.15) is 0 Å². The number of ketones is 2. The fraction of sp³-hybridized carbons (Fsp3) is 0.304. The molecule has 3 rings (SSSR count). The highest BCUT2D eigenvalue weighted by molar-refractivity contribution is 7.90. The number of ether oxygens (including phenoxy) is 1. The molecule has 0 saturated carbocycles. The van der Waals surface area contributed by atoms with E-state index in [1.807, 2.05) is 13.8 Å². The van der Waals surface area contributed by atoms with Gasteiger partial charge in [0, 0.05) is 17.4 Å². The van der Waals surface area contributed by atoms with E-state index >= 15 is 0 Å². The van der Waals surface area contributed by atoms with Crippen LogP contribution in [0.5, 0.6) is 0 Å². The first-order chi connectivity index (χ1) is 13.6. The van der Waals surface area contributed by atoms with Gasteiger partial charge in [-0.1, -0.05) is 38.1 Å². The Morgan fingerprint density at radius 2 is 1.45 bits per heavy atom. The van der Waals surface area contributed by atoms with Gasteiger partial charge < -0.3 is 4.74 Å². The van der Waals surface area contributed by atoms with E-state index in [4.69, 9.17) is 4.74 Å². The molecule has 0 radical (unpaired) electrons. The summed E-state index contributed by atoms with van der Waals surface area (Å²) >= 11 is 0. The first-order valence-corrected chi connectivity index (χ1v) is 11.4. The second kappa shape index (κ2) is 7.59. The topological polar surface area (TPSA) is 77.5 Å². The molecular formula is C23H24O5S. The molecule has 6 heteroatoms. The lowest BCUT2D eigenvalue weighted by molar-refractivity contribution is -0.128. The van der Waals surface area contributed by atoms with Crippen molar-refractivity contribution in [2.24, 2.45) is 0 Å². The highest BCUT2D eigenvalue weighted by Gasteiger charge is 2.47. The van der Waals surface area contributed by atoms with Crippen LogP contribution < -0.4 is 0 Å². The van der Waals surface area contributed by atoms with Crippen LogP contribution in [0.2, 0.25) is 0 Å². The van der Waals surface area contributed by atoms with Crippen LogP contribution in [0, 0.1) is 0 Å². The summed E-state index contributed by atoms with van der Waals surface area (Å²) in [7, 11) is -3.32.